The number of carbonyl (C=O) groups is 1. The summed E-state index contributed by atoms with van der Waals surface area (Å²) >= 11 is 0. The molecule has 0 bridgehead atoms. The molecule has 27 heavy (non-hydrogen) atoms. The van der Waals surface area contributed by atoms with Crippen LogP contribution in [0, 0.1) is 0 Å². The third-order valence-corrected chi connectivity index (χ3v) is 4.23. The minimum Gasteiger partial charge on any atom is -0.489 e. The Labute approximate surface area is 159 Å². The molecular weight excluding hydrogens is 340 g/mol. The minimum absolute atomic E-state index is 0.0467. The summed E-state index contributed by atoms with van der Waals surface area (Å²) in [5.74, 6) is 1.45. The normalized spacial score (nSPS) is 13.0. The van der Waals surface area contributed by atoms with Crippen molar-refractivity contribution < 1.29 is 13.9 Å². The van der Waals surface area contributed by atoms with Crippen molar-refractivity contribution in [2.24, 2.45) is 0 Å². The van der Waals surface area contributed by atoms with Crippen molar-refractivity contribution >= 4 is 11.6 Å². The second kappa shape index (κ2) is 9.05. The van der Waals surface area contributed by atoms with Gasteiger partial charge in [-0.2, -0.15) is 0 Å². The molecule has 0 saturated heterocycles. The van der Waals surface area contributed by atoms with E-state index in [1.54, 1.807) is 6.26 Å². The maximum absolute atomic E-state index is 12.4. The first-order valence-corrected chi connectivity index (χ1v) is 8.99. The van der Waals surface area contributed by atoms with Crippen LogP contribution in [0.2, 0.25) is 0 Å². The van der Waals surface area contributed by atoms with Gasteiger partial charge in [0, 0.05) is 5.69 Å². The Kier molecular flexibility index (Phi) is 6.28. The molecule has 1 aromatic heterocycles. The molecule has 5 heteroatoms. The molecule has 0 radical (unpaired) electrons. The first-order valence-electron chi connectivity index (χ1n) is 8.99. The average Bonchev–Trinajstić information content (AvgIpc) is 3.23. The Morgan fingerprint density at radius 3 is 2.41 bits per heavy atom. The van der Waals surface area contributed by atoms with Gasteiger partial charge in [-0.05, 0) is 55.8 Å². The Morgan fingerprint density at radius 1 is 1.00 bits per heavy atom. The second-order valence-electron chi connectivity index (χ2n) is 6.41. The third-order valence-electron chi connectivity index (χ3n) is 4.23. The molecular formula is C22H24N2O3. The van der Waals surface area contributed by atoms with Gasteiger partial charge in [-0.1, -0.05) is 30.3 Å². The van der Waals surface area contributed by atoms with Crippen LogP contribution in [0.5, 0.6) is 5.75 Å². The van der Waals surface area contributed by atoms with Gasteiger partial charge in [-0.25, -0.2) is 0 Å². The van der Waals surface area contributed by atoms with E-state index >= 15 is 0 Å². The molecule has 3 rings (SSSR count). The molecule has 0 aliphatic rings. The molecule has 3 aromatic rings. The van der Waals surface area contributed by atoms with Crippen LogP contribution in [-0.2, 0) is 11.4 Å². The second-order valence-corrected chi connectivity index (χ2v) is 6.41. The smallest absolute Gasteiger partial charge is 0.241 e. The highest BCUT2D eigenvalue weighted by Crippen LogP contribution is 2.18. The zero-order valence-electron chi connectivity index (χ0n) is 15.5. The number of ether oxygens (including phenoxy) is 1. The van der Waals surface area contributed by atoms with Crippen molar-refractivity contribution in [2.75, 3.05) is 5.32 Å². The maximum atomic E-state index is 12.4. The zero-order valence-corrected chi connectivity index (χ0v) is 15.5. The van der Waals surface area contributed by atoms with E-state index in [0.29, 0.717) is 6.61 Å². The fourth-order valence-corrected chi connectivity index (χ4v) is 2.70. The molecule has 5 nitrogen and oxygen atoms in total. The van der Waals surface area contributed by atoms with Crippen molar-refractivity contribution in [3.63, 3.8) is 0 Å². The Bertz CT molecular complexity index is 830. The summed E-state index contributed by atoms with van der Waals surface area (Å²) in [5.41, 5.74) is 1.84. The van der Waals surface area contributed by atoms with E-state index in [9.17, 15) is 4.79 Å². The van der Waals surface area contributed by atoms with Crippen LogP contribution in [-0.4, -0.2) is 11.9 Å². The van der Waals surface area contributed by atoms with Gasteiger partial charge in [0.1, 0.15) is 18.1 Å². The highest BCUT2D eigenvalue weighted by atomic mass is 16.5. The molecule has 0 saturated carbocycles. The van der Waals surface area contributed by atoms with Gasteiger partial charge < -0.3 is 14.5 Å². The number of benzene rings is 2. The van der Waals surface area contributed by atoms with E-state index in [1.807, 2.05) is 80.6 Å². The molecule has 1 heterocycles. The van der Waals surface area contributed by atoms with E-state index in [0.717, 1.165) is 22.8 Å². The van der Waals surface area contributed by atoms with Gasteiger partial charge in [0.05, 0.1) is 18.3 Å². The van der Waals surface area contributed by atoms with Crippen LogP contribution in [0.1, 0.15) is 31.2 Å². The van der Waals surface area contributed by atoms with Crippen molar-refractivity contribution in [3.05, 3.63) is 84.3 Å². The number of hydrogen-bond acceptors (Lipinski definition) is 4. The summed E-state index contributed by atoms with van der Waals surface area (Å²) in [7, 11) is 0. The molecule has 0 unspecified atom stereocenters. The molecule has 0 aliphatic heterocycles. The predicted octanol–water partition coefficient (Wildman–Crippen LogP) is 4.54. The predicted molar refractivity (Wildman–Crippen MR) is 106 cm³/mol. The lowest BCUT2D eigenvalue weighted by Crippen LogP contribution is -2.39. The van der Waals surface area contributed by atoms with E-state index in [1.165, 1.54) is 0 Å². The van der Waals surface area contributed by atoms with E-state index in [2.05, 4.69) is 10.6 Å². The summed E-state index contributed by atoms with van der Waals surface area (Å²) in [6.45, 7) is 4.30. The van der Waals surface area contributed by atoms with Crippen LogP contribution < -0.4 is 15.4 Å². The highest BCUT2D eigenvalue weighted by molar-refractivity contribution is 5.94. The number of carbonyl (C=O) groups excluding carboxylic acids is 1. The van der Waals surface area contributed by atoms with Crippen molar-refractivity contribution in [1.82, 2.24) is 5.32 Å². The van der Waals surface area contributed by atoms with Crippen LogP contribution in [0.25, 0.3) is 0 Å². The Balaban J connectivity index is 1.49. The number of amides is 1. The lowest BCUT2D eigenvalue weighted by molar-refractivity contribution is -0.118. The van der Waals surface area contributed by atoms with E-state index in [-0.39, 0.29) is 18.0 Å². The fourth-order valence-electron chi connectivity index (χ4n) is 2.70. The molecule has 0 spiro atoms. The molecule has 2 aromatic carbocycles. The Hall–Kier alpha value is -3.05. The summed E-state index contributed by atoms with van der Waals surface area (Å²) in [6, 6.07) is 20.7. The fraction of sp³-hybridized carbons (Fsp3) is 0.227. The van der Waals surface area contributed by atoms with Crippen LogP contribution >= 0.6 is 0 Å². The molecule has 0 fully saturated rings. The summed E-state index contributed by atoms with van der Waals surface area (Å²) in [6.07, 6.45) is 1.62. The zero-order chi connectivity index (χ0) is 19.1. The number of anilines is 1. The largest absolute Gasteiger partial charge is 0.489 e. The monoisotopic (exact) mass is 364 g/mol. The van der Waals surface area contributed by atoms with Crippen molar-refractivity contribution in [2.45, 2.75) is 32.5 Å². The topological polar surface area (TPSA) is 63.5 Å². The Morgan fingerprint density at radius 2 is 1.74 bits per heavy atom. The SMILES string of the molecule is C[C@H](N[C@@H](C)c1ccco1)C(=O)Nc1ccc(OCc2ccccc2)cc1. The lowest BCUT2D eigenvalue weighted by Gasteiger charge is -2.18. The van der Waals surface area contributed by atoms with Gasteiger partial charge in [0.25, 0.3) is 0 Å². The summed E-state index contributed by atoms with van der Waals surface area (Å²) in [5, 5.41) is 6.13. The standard InChI is InChI=1S/C22H24N2O3/c1-16(21-9-6-14-26-21)23-17(2)22(25)24-19-10-12-20(13-11-19)27-15-18-7-4-3-5-8-18/h3-14,16-17,23H,15H2,1-2H3,(H,24,25)/t16-,17-/m0/s1. The first-order chi connectivity index (χ1) is 13.1. The quantitative estimate of drug-likeness (QED) is 0.616. The van der Waals surface area contributed by atoms with Crippen LogP contribution in [0.15, 0.2) is 77.4 Å². The first kappa shape index (κ1) is 18.7. The van der Waals surface area contributed by atoms with Crippen molar-refractivity contribution in [3.8, 4) is 5.75 Å². The maximum Gasteiger partial charge on any atom is 0.241 e. The molecule has 1 amide bonds. The minimum atomic E-state index is -0.362. The van der Waals surface area contributed by atoms with E-state index < -0.39 is 0 Å². The molecule has 2 N–H and O–H groups in total. The molecule has 2 atom stereocenters. The van der Waals surface area contributed by atoms with Crippen LogP contribution in [0.4, 0.5) is 5.69 Å². The van der Waals surface area contributed by atoms with Gasteiger partial charge in [-0.15, -0.1) is 0 Å². The summed E-state index contributed by atoms with van der Waals surface area (Å²) in [4.78, 5) is 12.4. The van der Waals surface area contributed by atoms with Gasteiger partial charge in [-0.3, -0.25) is 10.1 Å². The average molecular weight is 364 g/mol. The van der Waals surface area contributed by atoms with Gasteiger partial charge >= 0.3 is 0 Å². The highest BCUT2D eigenvalue weighted by Gasteiger charge is 2.17. The lowest BCUT2D eigenvalue weighted by atomic mass is 10.2. The molecule has 0 aliphatic carbocycles. The number of furan rings is 1. The third kappa shape index (κ3) is 5.46. The molecule has 140 valence electrons. The summed E-state index contributed by atoms with van der Waals surface area (Å²) < 4.78 is 11.1. The number of nitrogens with one attached hydrogen (secondary N) is 2. The van der Waals surface area contributed by atoms with Gasteiger partial charge in [0.2, 0.25) is 5.91 Å². The van der Waals surface area contributed by atoms with Gasteiger partial charge in [0.15, 0.2) is 0 Å². The van der Waals surface area contributed by atoms with Crippen molar-refractivity contribution in [1.29, 1.82) is 0 Å². The number of hydrogen-bond donors (Lipinski definition) is 2. The van der Waals surface area contributed by atoms with E-state index in [4.69, 9.17) is 9.15 Å². The number of rotatable bonds is 8. The van der Waals surface area contributed by atoms with Crippen LogP contribution in [0.3, 0.4) is 0 Å².